The molecule has 0 radical (unpaired) electrons. The molecule has 0 amide bonds. The van der Waals surface area contributed by atoms with E-state index in [0.717, 1.165) is 17.9 Å². The molecule has 0 saturated heterocycles. The quantitative estimate of drug-likeness (QED) is 0.797. The first-order valence-electron chi connectivity index (χ1n) is 9.00. The van der Waals surface area contributed by atoms with Crippen LogP contribution in [0.25, 0.3) is 0 Å². The number of hydrogen-bond acceptors (Lipinski definition) is 1. The number of allylic oxidation sites excluding steroid dienone is 4. The first kappa shape index (κ1) is 16.6. The molecular formula is C23H23ClO. The fourth-order valence-electron chi connectivity index (χ4n) is 4.34. The van der Waals surface area contributed by atoms with Crippen molar-refractivity contribution in [3.8, 4) is 0 Å². The molecule has 2 aliphatic rings. The van der Waals surface area contributed by atoms with Gasteiger partial charge in [0.15, 0.2) is 0 Å². The van der Waals surface area contributed by atoms with Gasteiger partial charge in [-0.25, -0.2) is 0 Å². The third-order valence-corrected chi connectivity index (χ3v) is 5.83. The van der Waals surface area contributed by atoms with Gasteiger partial charge in [0.25, 0.3) is 0 Å². The van der Waals surface area contributed by atoms with Gasteiger partial charge in [-0.2, -0.15) is 0 Å². The van der Waals surface area contributed by atoms with E-state index < -0.39 is 0 Å². The van der Waals surface area contributed by atoms with Crippen LogP contribution >= 0.6 is 11.6 Å². The van der Waals surface area contributed by atoms with Crippen molar-refractivity contribution in [3.63, 3.8) is 0 Å². The number of fused-ring (bicyclic) bond motifs is 3. The van der Waals surface area contributed by atoms with E-state index in [-0.39, 0.29) is 6.61 Å². The second-order valence-corrected chi connectivity index (χ2v) is 7.68. The van der Waals surface area contributed by atoms with Crippen LogP contribution in [0, 0.1) is 12.8 Å². The van der Waals surface area contributed by atoms with Gasteiger partial charge in [0, 0.05) is 17.6 Å². The van der Waals surface area contributed by atoms with Crippen LogP contribution in [0.1, 0.15) is 39.7 Å². The lowest BCUT2D eigenvalue weighted by Crippen LogP contribution is -2.13. The minimum Gasteiger partial charge on any atom is -0.396 e. The van der Waals surface area contributed by atoms with Gasteiger partial charge in [0.2, 0.25) is 0 Å². The molecule has 3 atom stereocenters. The third kappa shape index (κ3) is 3.19. The van der Waals surface area contributed by atoms with Gasteiger partial charge >= 0.3 is 0 Å². The number of aryl methyl sites for hydroxylation is 1. The van der Waals surface area contributed by atoms with Crippen molar-refractivity contribution in [2.45, 2.75) is 31.6 Å². The molecule has 0 aliphatic heterocycles. The topological polar surface area (TPSA) is 20.2 Å². The third-order valence-electron chi connectivity index (χ3n) is 5.58. The Labute approximate surface area is 154 Å². The summed E-state index contributed by atoms with van der Waals surface area (Å²) in [6.07, 6.45) is 8.33. The molecule has 3 unspecified atom stereocenters. The highest BCUT2D eigenvalue weighted by Crippen LogP contribution is 2.51. The Kier molecular flexibility index (Phi) is 4.54. The summed E-state index contributed by atoms with van der Waals surface area (Å²) in [5.41, 5.74) is 6.76. The number of benzene rings is 2. The normalized spacial score (nSPS) is 24.0. The Morgan fingerprint density at radius 2 is 1.76 bits per heavy atom. The maximum Gasteiger partial charge on any atom is 0.0471 e. The van der Waals surface area contributed by atoms with Crippen molar-refractivity contribution in [3.05, 3.63) is 93.5 Å². The van der Waals surface area contributed by atoms with E-state index in [1.807, 2.05) is 0 Å². The molecule has 1 nitrogen and oxygen atoms in total. The minimum atomic E-state index is 0.205. The summed E-state index contributed by atoms with van der Waals surface area (Å²) in [6.45, 7) is 2.36. The van der Waals surface area contributed by atoms with Gasteiger partial charge in [-0.1, -0.05) is 71.8 Å². The summed E-state index contributed by atoms with van der Waals surface area (Å²) in [6, 6.07) is 15.6. The molecule has 2 aromatic carbocycles. The zero-order valence-corrected chi connectivity index (χ0v) is 15.2. The average Bonchev–Trinajstić information content (AvgIpc) is 2.89. The van der Waals surface area contributed by atoms with Crippen molar-refractivity contribution >= 4 is 11.6 Å². The smallest absolute Gasteiger partial charge is 0.0471 e. The first-order valence-corrected chi connectivity index (χ1v) is 9.38. The lowest BCUT2D eigenvalue weighted by Gasteiger charge is -2.23. The number of halogens is 1. The average molecular weight is 351 g/mol. The molecule has 0 spiro atoms. The molecule has 1 N–H and O–H groups in total. The Morgan fingerprint density at radius 3 is 2.52 bits per heavy atom. The molecule has 25 heavy (non-hydrogen) atoms. The van der Waals surface area contributed by atoms with Crippen LogP contribution in [0.5, 0.6) is 0 Å². The second kappa shape index (κ2) is 6.82. The van der Waals surface area contributed by atoms with Crippen molar-refractivity contribution in [2.75, 3.05) is 6.61 Å². The Balaban J connectivity index is 1.66. The fourth-order valence-corrected chi connectivity index (χ4v) is 4.55. The molecule has 4 rings (SSSR count). The van der Waals surface area contributed by atoms with Gasteiger partial charge in [-0.3, -0.25) is 0 Å². The largest absolute Gasteiger partial charge is 0.396 e. The van der Waals surface area contributed by atoms with Crippen LogP contribution in [0.4, 0.5) is 0 Å². The highest BCUT2D eigenvalue weighted by molar-refractivity contribution is 6.31. The van der Waals surface area contributed by atoms with Crippen LogP contribution in [-0.4, -0.2) is 11.7 Å². The first-order chi connectivity index (χ1) is 12.2. The Bertz CT molecular complexity index is 832. The Hall–Kier alpha value is -1.83. The van der Waals surface area contributed by atoms with Gasteiger partial charge in [0.1, 0.15) is 0 Å². The fraction of sp³-hybridized carbons (Fsp3) is 0.304. The van der Waals surface area contributed by atoms with E-state index >= 15 is 0 Å². The molecular weight excluding hydrogens is 328 g/mol. The molecule has 0 heterocycles. The zero-order valence-electron chi connectivity index (χ0n) is 14.5. The monoisotopic (exact) mass is 350 g/mol. The molecule has 0 aromatic heterocycles. The van der Waals surface area contributed by atoms with Crippen LogP contribution in [0.2, 0.25) is 0 Å². The predicted molar refractivity (Wildman–Crippen MR) is 104 cm³/mol. The lowest BCUT2D eigenvalue weighted by atomic mass is 9.81. The van der Waals surface area contributed by atoms with Crippen LogP contribution in [0.15, 0.2) is 65.7 Å². The van der Waals surface area contributed by atoms with E-state index in [9.17, 15) is 0 Å². The van der Waals surface area contributed by atoms with E-state index in [1.165, 1.54) is 27.8 Å². The zero-order chi connectivity index (χ0) is 17.4. The van der Waals surface area contributed by atoms with Crippen molar-refractivity contribution in [2.24, 2.45) is 5.92 Å². The summed E-state index contributed by atoms with van der Waals surface area (Å²) in [5, 5.41) is 9.93. The van der Waals surface area contributed by atoms with Crippen molar-refractivity contribution in [1.82, 2.24) is 0 Å². The summed E-state index contributed by atoms with van der Waals surface area (Å²) < 4.78 is 0. The van der Waals surface area contributed by atoms with E-state index in [4.69, 9.17) is 16.7 Å². The number of aliphatic hydroxyl groups is 1. The summed E-state index contributed by atoms with van der Waals surface area (Å²) >= 11 is 6.30. The van der Waals surface area contributed by atoms with Gasteiger partial charge in [0.05, 0.1) is 0 Å². The number of hydrogen-bond donors (Lipinski definition) is 1. The van der Waals surface area contributed by atoms with Crippen molar-refractivity contribution < 1.29 is 5.11 Å². The molecule has 2 aromatic rings. The molecule has 0 fully saturated rings. The molecule has 0 saturated carbocycles. The SMILES string of the molecule is Cc1ccc2c(c1)C1C=C(Cl)C=CC1C2Cc1ccc(CCO)cc1. The second-order valence-electron chi connectivity index (χ2n) is 7.25. The molecule has 2 aliphatic carbocycles. The summed E-state index contributed by atoms with van der Waals surface area (Å²) in [4.78, 5) is 0. The van der Waals surface area contributed by atoms with Crippen LogP contribution in [0.3, 0.4) is 0 Å². The minimum absolute atomic E-state index is 0.205. The number of aliphatic hydroxyl groups excluding tert-OH is 1. The highest BCUT2D eigenvalue weighted by Gasteiger charge is 2.39. The molecule has 0 bridgehead atoms. The van der Waals surface area contributed by atoms with E-state index in [1.54, 1.807) is 0 Å². The van der Waals surface area contributed by atoms with E-state index in [2.05, 4.69) is 67.6 Å². The van der Waals surface area contributed by atoms with Gasteiger partial charge in [-0.15, -0.1) is 0 Å². The lowest BCUT2D eigenvalue weighted by molar-refractivity contribution is 0.299. The van der Waals surface area contributed by atoms with Gasteiger partial charge in [-0.05, 0) is 59.9 Å². The van der Waals surface area contributed by atoms with Gasteiger partial charge < -0.3 is 5.11 Å². The van der Waals surface area contributed by atoms with Crippen molar-refractivity contribution in [1.29, 1.82) is 0 Å². The number of rotatable bonds is 4. The standard InChI is InChI=1S/C23H23ClO/c1-15-2-8-19-21(12-15)23-14-18(24)7-9-20(23)22(19)13-17-5-3-16(4-6-17)10-11-25/h2-9,12,14,20,22-23,25H,10-11,13H2,1H3. The summed E-state index contributed by atoms with van der Waals surface area (Å²) in [7, 11) is 0. The summed E-state index contributed by atoms with van der Waals surface area (Å²) in [5.74, 6) is 1.36. The predicted octanol–water partition coefficient (Wildman–Crippen LogP) is 5.26. The van der Waals surface area contributed by atoms with Crippen LogP contribution in [-0.2, 0) is 12.8 Å². The maximum absolute atomic E-state index is 9.08. The highest BCUT2D eigenvalue weighted by atomic mass is 35.5. The maximum atomic E-state index is 9.08. The van der Waals surface area contributed by atoms with Crippen LogP contribution < -0.4 is 0 Å². The van der Waals surface area contributed by atoms with E-state index in [0.29, 0.717) is 17.8 Å². The molecule has 128 valence electrons. The molecule has 2 heteroatoms. The Morgan fingerprint density at radius 1 is 1.00 bits per heavy atom.